The van der Waals surface area contributed by atoms with Gasteiger partial charge in [0, 0.05) is 23.0 Å². The molecule has 34 heavy (non-hydrogen) atoms. The maximum absolute atomic E-state index is 13.3. The number of hydrogen-bond donors (Lipinski definition) is 1. The number of aliphatic hydroxyl groups is 1. The predicted molar refractivity (Wildman–Crippen MR) is 87.2 cm³/mol. The summed E-state index contributed by atoms with van der Waals surface area (Å²) in [4.78, 5) is 12.2. The molecule has 1 N–H and O–H groups in total. The number of hydrogen-bond acceptors (Lipinski definition) is 3. The minimum absolute atomic E-state index is 0. The summed E-state index contributed by atoms with van der Waals surface area (Å²) in [5.41, 5.74) is -7.01. The molecule has 0 spiro atoms. The van der Waals surface area contributed by atoms with Crippen LogP contribution in [0.5, 0.6) is 0 Å². The Morgan fingerprint density at radius 1 is 0.853 bits per heavy atom. The zero-order valence-corrected chi connectivity index (χ0v) is 18.9. The van der Waals surface area contributed by atoms with Crippen LogP contribution in [0.1, 0.15) is 46.5 Å². The first-order valence-electron chi connectivity index (χ1n) is 9.47. The molecule has 3 atom stereocenters. The minimum Gasteiger partial charge on any atom is -0.462 e. The van der Waals surface area contributed by atoms with Crippen molar-refractivity contribution in [1.29, 1.82) is 0 Å². The van der Waals surface area contributed by atoms with Gasteiger partial charge in [-0.3, -0.25) is 4.79 Å². The first-order chi connectivity index (χ1) is 14.4. The summed E-state index contributed by atoms with van der Waals surface area (Å²) in [5.74, 6) is -10.6. The number of ether oxygens (including phenoxy) is 1. The van der Waals surface area contributed by atoms with Crippen molar-refractivity contribution in [1.82, 2.24) is 0 Å². The number of rotatable bonds is 5. The van der Waals surface area contributed by atoms with Gasteiger partial charge >= 0.3 is 18.3 Å². The van der Waals surface area contributed by atoms with Crippen molar-refractivity contribution in [3.8, 4) is 0 Å². The van der Waals surface area contributed by atoms with Gasteiger partial charge in [-0.15, -0.1) is 11.8 Å². The Kier molecular flexibility index (Phi) is 9.96. The van der Waals surface area contributed by atoms with E-state index >= 15 is 0 Å². The van der Waals surface area contributed by atoms with Crippen LogP contribution < -0.4 is 0 Å². The van der Waals surface area contributed by atoms with E-state index in [2.05, 4.69) is 0 Å². The van der Waals surface area contributed by atoms with E-state index in [1.165, 1.54) is 20.8 Å². The molecule has 1 saturated carbocycles. The molecule has 1 aliphatic carbocycles. The Bertz CT molecular complexity index is 668. The smallest absolute Gasteiger partial charge is 0.426 e. The molecule has 0 bridgehead atoms. The van der Waals surface area contributed by atoms with Crippen LogP contribution in [0.15, 0.2) is 0 Å². The van der Waals surface area contributed by atoms with Gasteiger partial charge in [0.25, 0.3) is 18.0 Å². The third-order valence-corrected chi connectivity index (χ3v) is 5.85. The molecule has 3 nitrogen and oxygen atoms in total. The van der Waals surface area contributed by atoms with Crippen LogP contribution in [0.2, 0.25) is 0 Å². The number of alkyl halides is 12. The molecule has 1 fully saturated rings. The molecule has 0 aliphatic heterocycles. The van der Waals surface area contributed by atoms with E-state index < -0.39 is 84.8 Å². The zero-order valence-electron chi connectivity index (χ0n) is 17.7. The fourth-order valence-corrected chi connectivity index (χ4v) is 3.64. The van der Waals surface area contributed by atoms with Gasteiger partial charge in [-0.1, -0.05) is 13.3 Å². The standard InChI is InChI=1S/C18H21F12O3.Mn/c1-4-13(2,3)12(31)33-10-6-8(11(15(19,20)21)16(22,23)24)5-9(7-10)14(32,17(25,26)27)18(28,29)30;/h8-10,32H,4-7H2,1-3H3;/q-1;. The van der Waals surface area contributed by atoms with Crippen LogP contribution in [0, 0.1) is 23.2 Å². The van der Waals surface area contributed by atoms with Crippen LogP contribution in [0.25, 0.3) is 0 Å². The second-order valence-corrected chi connectivity index (χ2v) is 8.54. The molecular formula is C18H21F12MnO3-. The van der Waals surface area contributed by atoms with Gasteiger partial charge < -0.3 is 9.84 Å². The second kappa shape index (κ2) is 10.2. The van der Waals surface area contributed by atoms with Crippen molar-refractivity contribution >= 4 is 5.97 Å². The maximum atomic E-state index is 13.3. The first-order valence-corrected chi connectivity index (χ1v) is 9.47. The molecule has 1 aliphatic rings. The number of carbonyl (C=O) groups is 1. The molecule has 0 saturated heterocycles. The maximum Gasteiger partial charge on any atom is 0.426 e. The summed E-state index contributed by atoms with van der Waals surface area (Å²) in [6, 6.07) is 0. The van der Waals surface area contributed by atoms with Gasteiger partial charge in [-0.05, 0) is 33.1 Å². The molecule has 1 rings (SSSR count). The molecule has 0 aromatic heterocycles. The Balaban J connectivity index is 0.0000109. The average molecular weight is 568 g/mol. The van der Waals surface area contributed by atoms with Gasteiger partial charge in [-0.2, -0.15) is 26.3 Å². The van der Waals surface area contributed by atoms with Gasteiger partial charge in [-0.25, -0.2) is 26.3 Å². The summed E-state index contributed by atoms with van der Waals surface area (Å²) in [7, 11) is 0. The molecule has 0 aromatic rings. The van der Waals surface area contributed by atoms with Crippen LogP contribution in [0.3, 0.4) is 0 Å². The van der Waals surface area contributed by atoms with E-state index in [1.807, 2.05) is 0 Å². The van der Waals surface area contributed by atoms with Crippen molar-refractivity contribution in [3.05, 3.63) is 5.92 Å². The average Bonchev–Trinajstić information content (AvgIpc) is 2.56. The van der Waals surface area contributed by atoms with Crippen molar-refractivity contribution in [2.75, 3.05) is 0 Å². The quantitative estimate of drug-likeness (QED) is 0.183. The molecule has 3 unspecified atom stereocenters. The normalized spacial score (nSPS) is 23.5. The molecule has 1 radical (unpaired) electrons. The van der Waals surface area contributed by atoms with Gasteiger partial charge in [0.1, 0.15) is 6.10 Å². The van der Waals surface area contributed by atoms with E-state index in [0.29, 0.717) is 0 Å². The monoisotopic (exact) mass is 568 g/mol. The molecular weight excluding hydrogens is 547 g/mol. The number of halogens is 12. The van der Waals surface area contributed by atoms with Crippen molar-refractivity contribution < 1.29 is 84.4 Å². The summed E-state index contributed by atoms with van der Waals surface area (Å²) in [6.45, 7) is 3.94. The summed E-state index contributed by atoms with van der Waals surface area (Å²) >= 11 is 0. The van der Waals surface area contributed by atoms with Gasteiger partial charge in [0.15, 0.2) is 0 Å². The predicted octanol–water partition coefficient (Wildman–Crippen LogP) is 6.30. The summed E-state index contributed by atoms with van der Waals surface area (Å²) in [6.07, 6.45) is -32.2. The first kappa shape index (κ1) is 33.1. The molecule has 0 amide bonds. The fraction of sp³-hybridized carbons (Fsp3) is 0.889. The third kappa shape index (κ3) is 6.86. The Morgan fingerprint density at radius 3 is 1.59 bits per heavy atom. The second-order valence-electron chi connectivity index (χ2n) is 8.54. The number of carbonyl (C=O) groups excluding carboxylic acids is 1. The minimum atomic E-state index is -6.49. The molecule has 0 aromatic carbocycles. The topological polar surface area (TPSA) is 46.5 Å². The summed E-state index contributed by atoms with van der Waals surface area (Å²) in [5, 5.41) is 9.61. The van der Waals surface area contributed by atoms with Crippen molar-refractivity contribution in [2.45, 2.75) is 82.9 Å². The molecule has 16 heteroatoms. The van der Waals surface area contributed by atoms with E-state index in [4.69, 9.17) is 4.74 Å². The van der Waals surface area contributed by atoms with E-state index in [0.717, 1.165) is 0 Å². The largest absolute Gasteiger partial charge is 0.462 e. The molecule has 203 valence electrons. The summed E-state index contributed by atoms with van der Waals surface area (Å²) < 4.78 is 163. The Morgan fingerprint density at radius 2 is 1.26 bits per heavy atom. The van der Waals surface area contributed by atoms with Crippen LogP contribution >= 0.6 is 0 Å². The Labute approximate surface area is 197 Å². The van der Waals surface area contributed by atoms with Crippen LogP contribution in [-0.2, 0) is 26.6 Å². The SMILES string of the molecule is CCC(C)(C)C(=O)OC1CC([C-](C(F)(F)F)C(F)(F)F)CC(C(O)(C(F)(F)F)C(F)(F)F)C1.[Mn]. The van der Waals surface area contributed by atoms with E-state index in [1.54, 1.807) is 0 Å². The van der Waals surface area contributed by atoms with Gasteiger partial charge in [0.2, 0.25) is 0 Å². The van der Waals surface area contributed by atoms with E-state index in [-0.39, 0.29) is 23.5 Å². The van der Waals surface area contributed by atoms with E-state index in [9.17, 15) is 62.6 Å². The van der Waals surface area contributed by atoms with Crippen LogP contribution in [0.4, 0.5) is 52.7 Å². The van der Waals surface area contributed by atoms with Gasteiger partial charge in [0.05, 0.1) is 5.41 Å². The third-order valence-electron chi connectivity index (χ3n) is 5.85. The Hall–Kier alpha value is -0.891. The van der Waals surface area contributed by atoms with Crippen LogP contribution in [-0.4, -0.2) is 47.5 Å². The fourth-order valence-electron chi connectivity index (χ4n) is 3.64. The zero-order chi connectivity index (χ0) is 26.4. The van der Waals surface area contributed by atoms with Crippen molar-refractivity contribution in [3.63, 3.8) is 0 Å². The number of esters is 1. The van der Waals surface area contributed by atoms with Crippen molar-refractivity contribution in [2.24, 2.45) is 17.3 Å². The molecule has 0 heterocycles.